The molecule has 86 valence electrons. The number of allylic oxidation sites excluding steroid dienone is 2. The quantitative estimate of drug-likeness (QED) is 0.634. The lowest BCUT2D eigenvalue weighted by atomic mass is 9.92. The molecular formula is C17H11Cl. The normalized spacial score (nSPS) is 17.8. The average molecular weight is 251 g/mol. The van der Waals surface area contributed by atoms with Gasteiger partial charge in [0.25, 0.3) is 0 Å². The average Bonchev–Trinajstić information content (AvgIpc) is 2.81. The number of halogens is 1. The van der Waals surface area contributed by atoms with Gasteiger partial charge in [-0.1, -0.05) is 61.2 Å². The van der Waals surface area contributed by atoms with Crippen molar-refractivity contribution in [1.29, 1.82) is 0 Å². The summed E-state index contributed by atoms with van der Waals surface area (Å²) in [4.78, 5) is 0. The molecule has 0 atom stereocenters. The van der Waals surface area contributed by atoms with Crippen molar-refractivity contribution >= 4 is 11.6 Å². The maximum absolute atomic E-state index is 6.39. The highest BCUT2D eigenvalue weighted by atomic mass is 35.5. The molecule has 0 radical (unpaired) electrons. The van der Waals surface area contributed by atoms with Crippen LogP contribution in [0.2, 0.25) is 5.02 Å². The molecule has 2 aliphatic carbocycles. The molecule has 0 aromatic heterocycles. The van der Waals surface area contributed by atoms with Gasteiger partial charge in [-0.05, 0) is 33.9 Å². The first-order valence-corrected chi connectivity index (χ1v) is 6.35. The molecule has 2 aromatic carbocycles. The fourth-order valence-corrected chi connectivity index (χ4v) is 3.60. The second-order valence-electron chi connectivity index (χ2n) is 4.92. The van der Waals surface area contributed by atoms with Crippen LogP contribution in [0.3, 0.4) is 0 Å². The third-order valence-corrected chi connectivity index (χ3v) is 4.54. The van der Waals surface area contributed by atoms with Gasteiger partial charge in [0, 0.05) is 10.6 Å². The second kappa shape index (κ2) is 2.96. The van der Waals surface area contributed by atoms with Crippen molar-refractivity contribution in [3.63, 3.8) is 0 Å². The standard InChI is InChI=1S/C17H11Cl/c1-10-11(2)17(10)13-7-4-3-6-12(13)16-14(17)8-5-9-15(16)18/h3-9H,1-2H2. The molecule has 1 saturated carbocycles. The van der Waals surface area contributed by atoms with Crippen LogP contribution in [0.25, 0.3) is 11.1 Å². The Labute approximate surface area is 111 Å². The van der Waals surface area contributed by atoms with Crippen molar-refractivity contribution in [2.45, 2.75) is 5.41 Å². The van der Waals surface area contributed by atoms with E-state index in [1.807, 2.05) is 12.1 Å². The molecule has 4 rings (SSSR count). The Morgan fingerprint density at radius 3 is 2.22 bits per heavy atom. The molecule has 2 aromatic rings. The zero-order valence-electron chi connectivity index (χ0n) is 9.83. The van der Waals surface area contributed by atoms with Gasteiger partial charge < -0.3 is 0 Å². The predicted molar refractivity (Wildman–Crippen MR) is 75.9 cm³/mol. The minimum absolute atomic E-state index is 0.156. The van der Waals surface area contributed by atoms with Crippen LogP contribution in [0.5, 0.6) is 0 Å². The van der Waals surface area contributed by atoms with Crippen LogP contribution < -0.4 is 0 Å². The molecule has 0 amide bonds. The van der Waals surface area contributed by atoms with Crippen molar-refractivity contribution in [2.75, 3.05) is 0 Å². The summed E-state index contributed by atoms with van der Waals surface area (Å²) in [5.41, 5.74) is 6.98. The molecule has 1 spiro atoms. The number of hydrogen-bond acceptors (Lipinski definition) is 0. The number of hydrogen-bond donors (Lipinski definition) is 0. The van der Waals surface area contributed by atoms with Gasteiger partial charge >= 0.3 is 0 Å². The summed E-state index contributed by atoms with van der Waals surface area (Å²) in [6, 6.07) is 14.5. The lowest BCUT2D eigenvalue weighted by Gasteiger charge is -2.09. The van der Waals surface area contributed by atoms with Crippen LogP contribution >= 0.6 is 11.6 Å². The Hall–Kier alpha value is -1.79. The van der Waals surface area contributed by atoms with Crippen molar-refractivity contribution in [3.8, 4) is 11.1 Å². The molecule has 0 unspecified atom stereocenters. The second-order valence-corrected chi connectivity index (χ2v) is 5.32. The van der Waals surface area contributed by atoms with Crippen molar-refractivity contribution in [3.05, 3.63) is 82.9 Å². The van der Waals surface area contributed by atoms with Crippen LogP contribution in [0.1, 0.15) is 11.1 Å². The Morgan fingerprint density at radius 2 is 1.50 bits per heavy atom. The summed E-state index contributed by atoms with van der Waals surface area (Å²) in [6.07, 6.45) is 0. The lowest BCUT2D eigenvalue weighted by molar-refractivity contribution is 0.982. The smallest absolute Gasteiger partial charge is 0.0708 e. The molecule has 0 aliphatic heterocycles. The zero-order chi connectivity index (χ0) is 12.5. The maximum Gasteiger partial charge on any atom is 0.0708 e. The van der Waals surface area contributed by atoms with Crippen molar-refractivity contribution in [2.24, 2.45) is 0 Å². The van der Waals surface area contributed by atoms with E-state index in [2.05, 4.69) is 43.5 Å². The molecule has 2 aliphatic rings. The maximum atomic E-state index is 6.39. The largest absolute Gasteiger partial charge is 0.0939 e. The van der Waals surface area contributed by atoms with Gasteiger partial charge in [0.15, 0.2) is 0 Å². The van der Waals surface area contributed by atoms with E-state index in [1.54, 1.807) is 0 Å². The first kappa shape index (κ1) is 10.2. The zero-order valence-corrected chi connectivity index (χ0v) is 10.6. The summed E-state index contributed by atoms with van der Waals surface area (Å²) in [6.45, 7) is 8.34. The Kier molecular flexibility index (Phi) is 1.67. The number of benzene rings is 2. The van der Waals surface area contributed by atoms with Crippen LogP contribution in [-0.4, -0.2) is 0 Å². The summed E-state index contributed by atoms with van der Waals surface area (Å²) < 4.78 is 0. The van der Waals surface area contributed by atoms with Gasteiger partial charge in [-0.15, -0.1) is 0 Å². The van der Waals surface area contributed by atoms with Gasteiger partial charge in [0.05, 0.1) is 5.41 Å². The van der Waals surface area contributed by atoms with Crippen molar-refractivity contribution in [1.82, 2.24) is 0 Å². The molecule has 1 fully saturated rings. The van der Waals surface area contributed by atoms with E-state index >= 15 is 0 Å². The molecule has 18 heavy (non-hydrogen) atoms. The first-order chi connectivity index (χ1) is 8.69. The van der Waals surface area contributed by atoms with E-state index in [1.165, 1.54) is 16.7 Å². The summed E-state index contributed by atoms with van der Waals surface area (Å²) >= 11 is 6.39. The van der Waals surface area contributed by atoms with Gasteiger partial charge in [0.1, 0.15) is 0 Å². The van der Waals surface area contributed by atoms with Gasteiger partial charge in [0.2, 0.25) is 0 Å². The molecule has 0 bridgehead atoms. The molecule has 0 heterocycles. The van der Waals surface area contributed by atoms with E-state index in [-0.39, 0.29) is 5.41 Å². The van der Waals surface area contributed by atoms with E-state index in [4.69, 9.17) is 11.6 Å². The molecule has 0 saturated heterocycles. The Bertz CT molecular complexity index is 723. The van der Waals surface area contributed by atoms with E-state index in [0.717, 1.165) is 21.7 Å². The van der Waals surface area contributed by atoms with E-state index < -0.39 is 0 Å². The van der Waals surface area contributed by atoms with Crippen molar-refractivity contribution < 1.29 is 0 Å². The molecule has 0 N–H and O–H groups in total. The van der Waals surface area contributed by atoms with Gasteiger partial charge in [-0.3, -0.25) is 0 Å². The number of rotatable bonds is 0. The predicted octanol–water partition coefficient (Wildman–Crippen LogP) is 4.73. The minimum atomic E-state index is -0.156. The van der Waals surface area contributed by atoms with E-state index in [0.29, 0.717) is 0 Å². The monoisotopic (exact) mass is 250 g/mol. The summed E-state index contributed by atoms with van der Waals surface area (Å²) in [7, 11) is 0. The minimum Gasteiger partial charge on any atom is -0.0939 e. The van der Waals surface area contributed by atoms with Crippen LogP contribution in [0.15, 0.2) is 66.8 Å². The summed E-state index contributed by atoms with van der Waals surface area (Å²) in [5.74, 6) is 0. The fourth-order valence-electron chi connectivity index (χ4n) is 3.32. The third kappa shape index (κ3) is 0.876. The van der Waals surface area contributed by atoms with Crippen LogP contribution in [-0.2, 0) is 5.41 Å². The van der Waals surface area contributed by atoms with Crippen LogP contribution in [0.4, 0.5) is 0 Å². The van der Waals surface area contributed by atoms with Gasteiger partial charge in [-0.2, -0.15) is 0 Å². The highest BCUT2D eigenvalue weighted by Crippen LogP contribution is 2.69. The summed E-state index contributed by atoms with van der Waals surface area (Å²) in [5, 5.41) is 0.810. The highest BCUT2D eigenvalue weighted by molar-refractivity contribution is 6.34. The first-order valence-electron chi connectivity index (χ1n) is 5.97. The topological polar surface area (TPSA) is 0 Å². The Balaban J connectivity index is 2.20. The van der Waals surface area contributed by atoms with Crippen LogP contribution in [0, 0.1) is 0 Å². The third-order valence-electron chi connectivity index (χ3n) is 4.23. The van der Waals surface area contributed by atoms with E-state index in [9.17, 15) is 0 Å². The SMILES string of the molecule is C=C1C(=C)C12c1ccccc1-c1c(Cl)cccc12. The highest BCUT2D eigenvalue weighted by Gasteiger charge is 2.59. The molecule has 1 heteroatoms. The Morgan fingerprint density at radius 1 is 0.833 bits per heavy atom. The number of fused-ring (bicyclic) bond motifs is 5. The lowest BCUT2D eigenvalue weighted by Crippen LogP contribution is -2.04. The molecular weight excluding hydrogens is 240 g/mol. The fraction of sp³-hybridized carbons (Fsp3) is 0.0588. The molecule has 0 nitrogen and oxygen atoms in total. The van der Waals surface area contributed by atoms with Gasteiger partial charge in [-0.25, -0.2) is 0 Å².